The second-order valence-electron chi connectivity index (χ2n) is 6.22. The molecule has 0 radical (unpaired) electrons. The van der Waals surface area contributed by atoms with Gasteiger partial charge in [-0.25, -0.2) is 4.39 Å². The number of rotatable bonds is 3. The summed E-state index contributed by atoms with van der Waals surface area (Å²) in [6.07, 6.45) is 2.03. The summed E-state index contributed by atoms with van der Waals surface area (Å²) >= 11 is 0. The summed E-state index contributed by atoms with van der Waals surface area (Å²) in [6, 6.07) is 6.71. The second kappa shape index (κ2) is 4.38. The van der Waals surface area contributed by atoms with Gasteiger partial charge in [-0.15, -0.1) is 0 Å². The molecule has 1 saturated carbocycles. The molecule has 0 unspecified atom stereocenters. The molecule has 1 fully saturated rings. The van der Waals surface area contributed by atoms with Crippen LogP contribution in [-0.2, 0) is 10.2 Å². The van der Waals surface area contributed by atoms with Gasteiger partial charge in [-0.2, -0.15) is 0 Å². The largest absolute Gasteiger partial charge is 0.355 e. The number of amides is 1. The third-order valence-electron chi connectivity index (χ3n) is 3.56. The quantitative estimate of drug-likeness (QED) is 0.876. The fourth-order valence-corrected chi connectivity index (χ4v) is 2.05. The third-order valence-corrected chi connectivity index (χ3v) is 3.56. The van der Waals surface area contributed by atoms with Gasteiger partial charge < -0.3 is 5.32 Å². The summed E-state index contributed by atoms with van der Waals surface area (Å²) in [5.74, 6) is -0.161. The molecule has 1 aliphatic rings. The maximum atomic E-state index is 13.2. The first-order valence-corrected chi connectivity index (χ1v) is 6.38. The lowest BCUT2D eigenvalue weighted by Crippen LogP contribution is -2.39. The molecule has 0 atom stereocenters. The first-order chi connectivity index (χ1) is 8.33. The minimum absolute atomic E-state index is 0.0387. The minimum Gasteiger partial charge on any atom is -0.355 e. The molecule has 0 bridgehead atoms. The van der Waals surface area contributed by atoms with Crippen LogP contribution in [0.5, 0.6) is 0 Å². The van der Waals surface area contributed by atoms with Gasteiger partial charge in [-0.3, -0.25) is 4.79 Å². The monoisotopic (exact) mass is 249 g/mol. The van der Waals surface area contributed by atoms with Gasteiger partial charge in [0.25, 0.3) is 0 Å². The van der Waals surface area contributed by atoms with Crippen LogP contribution in [0.25, 0.3) is 0 Å². The minimum atomic E-state index is -0.377. The van der Waals surface area contributed by atoms with Gasteiger partial charge in [0.05, 0.1) is 0 Å². The van der Waals surface area contributed by atoms with E-state index in [1.807, 2.05) is 26.8 Å². The summed E-state index contributed by atoms with van der Waals surface area (Å²) < 4.78 is 13.2. The molecule has 0 spiro atoms. The Kier molecular flexibility index (Phi) is 3.18. The Bertz CT molecular complexity index is 458. The summed E-state index contributed by atoms with van der Waals surface area (Å²) in [6.45, 7) is 6.28. The molecule has 18 heavy (non-hydrogen) atoms. The molecule has 1 amide bonds. The van der Waals surface area contributed by atoms with Gasteiger partial charge in [0.1, 0.15) is 5.82 Å². The molecule has 1 N–H and O–H groups in total. The molecule has 3 heteroatoms. The molecule has 2 nitrogen and oxygen atoms in total. The van der Waals surface area contributed by atoms with Crippen molar-refractivity contribution in [2.24, 2.45) is 5.41 Å². The molecule has 2 rings (SSSR count). The van der Waals surface area contributed by atoms with Gasteiger partial charge in [0.2, 0.25) is 5.91 Å². The van der Waals surface area contributed by atoms with E-state index in [-0.39, 0.29) is 22.6 Å². The van der Waals surface area contributed by atoms with E-state index in [9.17, 15) is 9.18 Å². The van der Waals surface area contributed by atoms with Gasteiger partial charge in [-0.1, -0.05) is 32.9 Å². The SMILES string of the molecule is CC(C)(C)C(=O)NCC1(c2cccc(F)c2)CC1. The zero-order chi connectivity index (χ0) is 13.4. The molecule has 0 aromatic heterocycles. The highest BCUT2D eigenvalue weighted by Crippen LogP contribution is 2.47. The van der Waals surface area contributed by atoms with Crippen molar-refractivity contribution >= 4 is 5.91 Å². The van der Waals surface area contributed by atoms with Gasteiger partial charge in [0, 0.05) is 17.4 Å². The van der Waals surface area contributed by atoms with Crippen LogP contribution in [0, 0.1) is 11.2 Å². The average molecular weight is 249 g/mol. The highest BCUT2D eigenvalue weighted by Gasteiger charge is 2.44. The van der Waals surface area contributed by atoms with E-state index in [0.717, 1.165) is 18.4 Å². The van der Waals surface area contributed by atoms with E-state index < -0.39 is 0 Å². The summed E-state index contributed by atoms with van der Waals surface area (Å²) in [7, 11) is 0. The first-order valence-electron chi connectivity index (χ1n) is 6.38. The third kappa shape index (κ3) is 2.71. The van der Waals surface area contributed by atoms with Gasteiger partial charge in [-0.05, 0) is 30.5 Å². The van der Waals surface area contributed by atoms with E-state index in [0.29, 0.717) is 6.54 Å². The van der Waals surface area contributed by atoms with Crippen LogP contribution in [0.3, 0.4) is 0 Å². The Balaban J connectivity index is 2.03. The Labute approximate surface area is 108 Å². The van der Waals surface area contributed by atoms with Crippen molar-refractivity contribution in [2.45, 2.75) is 39.0 Å². The Morgan fingerprint density at radius 1 is 1.39 bits per heavy atom. The molecule has 1 aromatic rings. The van der Waals surface area contributed by atoms with Crippen molar-refractivity contribution in [1.29, 1.82) is 0 Å². The van der Waals surface area contributed by atoms with E-state index in [1.54, 1.807) is 12.1 Å². The maximum Gasteiger partial charge on any atom is 0.225 e. The van der Waals surface area contributed by atoms with Crippen LogP contribution in [0.2, 0.25) is 0 Å². The highest BCUT2D eigenvalue weighted by molar-refractivity contribution is 5.81. The number of hydrogen-bond donors (Lipinski definition) is 1. The smallest absolute Gasteiger partial charge is 0.225 e. The van der Waals surface area contributed by atoms with E-state index in [4.69, 9.17) is 0 Å². The van der Waals surface area contributed by atoms with Crippen molar-refractivity contribution in [1.82, 2.24) is 5.32 Å². The number of hydrogen-bond acceptors (Lipinski definition) is 1. The zero-order valence-electron chi connectivity index (χ0n) is 11.2. The van der Waals surface area contributed by atoms with Crippen LogP contribution in [0.4, 0.5) is 4.39 Å². The fourth-order valence-electron chi connectivity index (χ4n) is 2.05. The lowest BCUT2D eigenvalue weighted by Gasteiger charge is -2.22. The second-order valence-corrected chi connectivity index (χ2v) is 6.22. The van der Waals surface area contributed by atoms with Crippen molar-refractivity contribution < 1.29 is 9.18 Å². The standard InChI is InChI=1S/C15H20FNO/c1-14(2,3)13(18)17-10-15(7-8-15)11-5-4-6-12(16)9-11/h4-6,9H,7-8,10H2,1-3H3,(H,17,18). The first kappa shape index (κ1) is 13.1. The average Bonchev–Trinajstić information content (AvgIpc) is 3.05. The summed E-state index contributed by atoms with van der Waals surface area (Å²) in [4.78, 5) is 11.9. The predicted octanol–water partition coefficient (Wildman–Crippen LogP) is 3.02. The Morgan fingerprint density at radius 2 is 2.06 bits per heavy atom. The molecule has 0 saturated heterocycles. The molecule has 1 aliphatic carbocycles. The summed E-state index contributed by atoms with van der Waals surface area (Å²) in [5.41, 5.74) is 0.581. The van der Waals surface area contributed by atoms with Crippen LogP contribution < -0.4 is 5.32 Å². The molecule has 0 heterocycles. The number of carbonyl (C=O) groups excluding carboxylic acids is 1. The zero-order valence-corrected chi connectivity index (χ0v) is 11.2. The van der Waals surface area contributed by atoms with Crippen LogP contribution in [-0.4, -0.2) is 12.5 Å². The fraction of sp³-hybridized carbons (Fsp3) is 0.533. The summed E-state index contributed by atoms with van der Waals surface area (Å²) in [5, 5.41) is 2.98. The van der Waals surface area contributed by atoms with Gasteiger partial charge >= 0.3 is 0 Å². The molecular formula is C15H20FNO. The number of halogens is 1. The Morgan fingerprint density at radius 3 is 2.56 bits per heavy atom. The predicted molar refractivity (Wildman–Crippen MR) is 69.8 cm³/mol. The van der Waals surface area contributed by atoms with Crippen LogP contribution >= 0.6 is 0 Å². The van der Waals surface area contributed by atoms with Gasteiger partial charge in [0.15, 0.2) is 0 Å². The van der Waals surface area contributed by atoms with Crippen LogP contribution in [0.1, 0.15) is 39.2 Å². The lowest BCUT2D eigenvalue weighted by molar-refractivity contribution is -0.128. The van der Waals surface area contributed by atoms with Crippen molar-refractivity contribution in [2.75, 3.05) is 6.54 Å². The molecule has 0 aliphatic heterocycles. The molecule has 98 valence electrons. The van der Waals surface area contributed by atoms with E-state index in [1.165, 1.54) is 6.07 Å². The van der Waals surface area contributed by atoms with E-state index in [2.05, 4.69) is 5.32 Å². The van der Waals surface area contributed by atoms with Crippen LogP contribution in [0.15, 0.2) is 24.3 Å². The highest BCUT2D eigenvalue weighted by atomic mass is 19.1. The van der Waals surface area contributed by atoms with Crippen molar-refractivity contribution in [3.63, 3.8) is 0 Å². The topological polar surface area (TPSA) is 29.1 Å². The molecule has 1 aromatic carbocycles. The molecular weight excluding hydrogens is 229 g/mol. The lowest BCUT2D eigenvalue weighted by atomic mass is 9.93. The Hall–Kier alpha value is -1.38. The van der Waals surface area contributed by atoms with Crippen molar-refractivity contribution in [3.8, 4) is 0 Å². The van der Waals surface area contributed by atoms with Crippen molar-refractivity contribution in [3.05, 3.63) is 35.6 Å². The number of nitrogens with one attached hydrogen (secondary N) is 1. The number of carbonyl (C=O) groups is 1. The maximum absolute atomic E-state index is 13.2. The number of benzene rings is 1. The van der Waals surface area contributed by atoms with E-state index >= 15 is 0 Å². The normalized spacial score (nSPS) is 17.3.